The van der Waals surface area contributed by atoms with E-state index in [1.807, 2.05) is 0 Å². The van der Waals surface area contributed by atoms with Gasteiger partial charge in [0.15, 0.2) is 0 Å². The Bertz CT molecular complexity index is 183. The molecular formula is C13H25NO. The second-order valence-corrected chi connectivity index (χ2v) is 4.40. The van der Waals surface area contributed by atoms with E-state index in [1.54, 1.807) is 0 Å². The predicted octanol–water partition coefficient (Wildman–Crippen LogP) is 2.75. The number of hydrogen-bond donors (Lipinski definition) is 1. The summed E-state index contributed by atoms with van der Waals surface area (Å²) >= 11 is 0. The lowest BCUT2D eigenvalue weighted by molar-refractivity contribution is 0.0672. The van der Waals surface area contributed by atoms with Gasteiger partial charge < -0.3 is 10.1 Å². The van der Waals surface area contributed by atoms with Crippen molar-refractivity contribution in [2.45, 2.75) is 39.5 Å². The molecule has 1 aliphatic heterocycles. The van der Waals surface area contributed by atoms with Gasteiger partial charge in [0.1, 0.15) is 0 Å². The molecule has 1 fully saturated rings. The number of hydrogen-bond acceptors (Lipinski definition) is 2. The highest BCUT2D eigenvalue weighted by molar-refractivity contribution is 5.04. The topological polar surface area (TPSA) is 21.3 Å². The highest BCUT2D eigenvalue weighted by atomic mass is 16.5. The number of ether oxygens (including phenoxy) is 1. The van der Waals surface area contributed by atoms with Crippen LogP contribution in [0.2, 0.25) is 0 Å². The van der Waals surface area contributed by atoms with Crippen LogP contribution in [0.1, 0.15) is 39.5 Å². The second-order valence-electron chi connectivity index (χ2n) is 4.40. The summed E-state index contributed by atoms with van der Waals surface area (Å²) in [5.74, 6) is 0.685. The summed E-state index contributed by atoms with van der Waals surface area (Å²) in [6.45, 7) is 8.59. The van der Waals surface area contributed by atoms with Crippen LogP contribution >= 0.6 is 0 Å². The van der Waals surface area contributed by atoms with Crippen LogP contribution in [-0.4, -0.2) is 26.3 Å². The molecule has 0 aromatic rings. The van der Waals surface area contributed by atoms with E-state index >= 15 is 0 Å². The minimum absolute atomic E-state index is 0.685. The zero-order valence-corrected chi connectivity index (χ0v) is 10.2. The van der Waals surface area contributed by atoms with Gasteiger partial charge in [-0.05, 0) is 45.7 Å². The Kier molecular flexibility index (Phi) is 6.69. The lowest BCUT2D eigenvalue weighted by Crippen LogP contribution is -2.19. The first kappa shape index (κ1) is 12.7. The SMILES string of the molecule is CCCNCC/C=C(/C)C1CCCOC1. The Morgan fingerprint density at radius 3 is 3.00 bits per heavy atom. The molecule has 0 aliphatic carbocycles. The van der Waals surface area contributed by atoms with Crippen LogP contribution in [0.3, 0.4) is 0 Å². The third kappa shape index (κ3) is 5.33. The zero-order valence-electron chi connectivity index (χ0n) is 10.2. The predicted molar refractivity (Wildman–Crippen MR) is 65.1 cm³/mol. The maximum absolute atomic E-state index is 5.49. The largest absolute Gasteiger partial charge is 0.381 e. The maximum Gasteiger partial charge on any atom is 0.0531 e. The molecule has 1 heterocycles. The molecule has 88 valence electrons. The lowest BCUT2D eigenvalue weighted by Gasteiger charge is -2.22. The molecule has 0 aromatic carbocycles. The Morgan fingerprint density at radius 1 is 1.47 bits per heavy atom. The van der Waals surface area contributed by atoms with Gasteiger partial charge in [0.2, 0.25) is 0 Å². The Hall–Kier alpha value is -0.340. The van der Waals surface area contributed by atoms with Crippen LogP contribution in [0.25, 0.3) is 0 Å². The summed E-state index contributed by atoms with van der Waals surface area (Å²) in [5.41, 5.74) is 1.52. The van der Waals surface area contributed by atoms with Crippen LogP contribution in [0, 0.1) is 5.92 Å². The highest BCUT2D eigenvalue weighted by Crippen LogP contribution is 2.21. The summed E-state index contributed by atoms with van der Waals surface area (Å²) in [6, 6.07) is 0. The van der Waals surface area contributed by atoms with E-state index in [9.17, 15) is 0 Å². The van der Waals surface area contributed by atoms with Crippen LogP contribution in [0.5, 0.6) is 0 Å². The maximum atomic E-state index is 5.49. The molecule has 0 saturated carbocycles. The monoisotopic (exact) mass is 211 g/mol. The fourth-order valence-corrected chi connectivity index (χ4v) is 1.97. The van der Waals surface area contributed by atoms with Crippen molar-refractivity contribution >= 4 is 0 Å². The molecule has 1 rings (SSSR count). The molecule has 15 heavy (non-hydrogen) atoms. The van der Waals surface area contributed by atoms with Gasteiger partial charge in [-0.2, -0.15) is 0 Å². The molecule has 1 saturated heterocycles. The molecule has 2 nitrogen and oxygen atoms in total. The van der Waals surface area contributed by atoms with Crippen molar-refractivity contribution in [2.75, 3.05) is 26.3 Å². The van der Waals surface area contributed by atoms with Gasteiger partial charge >= 0.3 is 0 Å². The van der Waals surface area contributed by atoms with Crippen molar-refractivity contribution in [1.82, 2.24) is 5.32 Å². The van der Waals surface area contributed by atoms with Crippen LogP contribution in [-0.2, 0) is 4.74 Å². The fraction of sp³-hybridized carbons (Fsp3) is 0.846. The molecule has 1 aliphatic rings. The van der Waals surface area contributed by atoms with Gasteiger partial charge in [-0.15, -0.1) is 0 Å². The average molecular weight is 211 g/mol. The van der Waals surface area contributed by atoms with Gasteiger partial charge in [-0.25, -0.2) is 0 Å². The molecule has 0 spiro atoms. The standard InChI is InChI=1S/C13H25NO/c1-3-8-14-9-4-6-12(2)13-7-5-10-15-11-13/h6,13-14H,3-5,7-11H2,1-2H3/b12-6-. The van der Waals surface area contributed by atoms with Gasteiger partial charge in [0.05, 0.1) is 6.61 Å². The molecule has 1 N–H and O–H groups in total. The zero-order chi connectivity index (χ0) is 10.9. The molecule has 1 unspecified atom stereocenters. The summed E-state index contributed by atoms with van der Waals surface area (Å²) in [5, 5.41) is 3.42. The van der Waals surface area contributed by atoms with Crippen LogP contribution in [0.15, 0.2) is 11.6 Å². The molecule has 0 aromatic heterocycles. The first-order chi connectivity index (χ1) is 7.34. The van der Waals surface area contributed by atoms with Crippen molar-refractivity contribution < 1.29 is 4.74 Å². The van der Waals surface area contributed by atoms with E-state index < -0.39 is 0 Å². The van der Waals surface area contributed by atoms with Crippen molar-refractivity contribution in [3.05, 3.63) is 11.6 Å². The molecule has 0 amide bonds. The normalized spacial score (nSPS) is 23.1. The smallest absolute Gasteiger partial charge is 0.0531 e. The van der Waals surface area contributed by atoms with E-state index in [-0.39, 0.29) is 0 Å². The Morgan fingerprint density at radius 2 is 2.33 bits per heavy atom. The van der Waals surface area contributed by atoms with Crippen molar-refractivity contribution in [1.29, 1.82) is 0 Å². The summed E-state index contributed by atoms with van der Waals surface area (Å²) in [4.78, 5) is 0. The van der Waals surface area contributed by atoms with E-state index in [4.69, 9.17) is 4.74 Å². The molecule has 0 radical (unpaired) electrons. The third-order valence-electron chi connectivity index (χ3n) is 3.02. The van der Waals surface area contributed by atoms with Gasteiger partial charge in [0, 0.05) is 12.5 Å². The van der Waals surface area contributed by atoms with E-state index in [0.29, 0.717) is 5.92 Å². The van der Waals surface area contributed by atoms with Crippen LogP contribution < -0.4 is 5.32 Å². The quantitative estimate of drug-likeness (QED) is 0.539. The Balaban J connectivity index is 2.13. The third-order valence-corrected chi connectivity index (χ3v) is 3.02. The summed E-state index contributed by atoms with van der Waals surface area (Å²) < 4.78 is 5.49. The van der Waals surface area contributed by atoms with Crippen molar-refractivity contribution in [3.63, 3.8) is 0 Å². The van der Waals surface area contributed by atoms with Crippen molar-refractivity contribution in [3.8, 4) is 0 Å². The van der Waals surface area contributed by atoms with E-state index in [0.717, 1.165) is 32.7 Å². The van der Waals surface area contributed by atoms with Crippen molar-refractivity contribution in [2.24, 2.45) is 5.92 Å². The average Bonchev–Trinajstić information content (AvgIpc) is 2.30. The van der Waals surface area contributed by atoms with E-state index in [1.165, 1.54) is 24.8 Å². The molecule has 1 atom stereocenters. The lowest BCUT2D eigenvalue weighted by atomic mass is 9.94. The first-order valence-electron chi connectivity index (χ1n) is 6.29. The highest BCUT2D eigenvalue weighted by Gasteiger charge is 2.14. The fourth-order valence-electron chi connectivity index (χ4n) is 1.97. The molecular weight excluding hydrogens is 186 g/mol. The molecule has 0 bridgehead atoms. The van der Waals surface area contributed by atoms with E-state index in [2.05, 4.69) is 25.2 Å². The van der Waals surface area contributed by atoms with Crippen LogP contribution in [0.4, 0.5) is 0 Å². The molecule has 2 heteroatoms. The van der Waals surface area contributed by atoms with Gasteiger partial charge in [-0.3, -0.25) is 0 Å². The summed E-state index contributed by atoms with van der Waals surface area (Å²) in [7, 11) is 0. The second kappa shape index (κ2) is 7.89. The Labute approximate surface area is 94.1 Å². The number of nitrogens with one attached hydrogen (secondary N) is 1. The minimum atomic E-state index is 0.685. The number of rotatable bonds is 6. The minimum Gasteiger partial charge on any atom is -0.381 e. The van der Waals surface area contributed by atoms with Gasteiger partial charge in [0.25, 0.3) is 0 Å². The summed E-state index contributed by atoms with van der Waals surface area (Å²) in [6.07, 6.45) is 7.29. The first-order valence-corrected chi connectivity index (χ1v) is 6.29. The van der Waals surface area contributed by atoms with Gasteiger partial charge in [-0.1, -0.05) is 18.6 Å².